The molecule has 0 heteroatoms. The molecule has 0 nitrogen and oxygen atoms in total. The molecule has 0 bridgehead atoms. The summed E-state index contributed by atoms with van der Waals surface area (Å²) in [6.07, 6.45) is 5.80. The van der Waals surface area contributed by atoms with Crippen molar-refractivity contribution in [1.82, 2.24) is 0 Å². The van der Waals surface area contributed by atoms with E-state index in [9.17, 15) is 0 Å². The Morgan fingerprint density at radius 3 is 1.38 bits per heavy atom. The monoisotopic (exact) mass is 446 g/mol. The van der Waals surface area contributed by atoms with Gasteiger partial charge in [-0.15, -0.1) is 0 Å². The summed E-state index contributed by atoms with van der Waals surface area (Å²) in [5, 5.41) is 0. The van der Waals surface area contributed by atoms with Crippen LogP contribution in [-0.2, 0) is 12.8 Å². The molecule has 174 valence electrons. The van der Waals surface area contributed by atoms with E-state index in [2.05, 4.69) is 124 Å². The first-order valence-corrected chi connectivity index (χ1v) is 12.8. The third-order valence-corrected chi connectivity index (χ3v) is 7.50. The Bertz CT molecular complexity index is 1120. The molecule has 0 aromatic heterocycles. The summed E-state index contributed by atoms with van der Waals surface area (Å²) < 4.78 is 0. The average Bonchev–Trinajstić information content (AvgIpc) is 2.88. The minimum Gasteiger partial charge on any atom is -0.0622 e. The fraction of sp³-hybridized carbons (Fsp3) is 0.294. The predicted octanol–water partition coefficient (Wildman–Crippen LogP) is 9.13. The van der Waals surface area contributed by atoms with E-state index < -0.39 is 0 Å². The van der Waals surface area contributed by atoms with Crippen LogP contribution in [0, 0.1) is 20.8 Å². The number of rotatable bonds is 10. The van der Waals surface area contributed by atoms with E-state index >= 15 is 0 Å². The molecular formula is C34H38. The number of benzene rings is 4. The van der Waals surface area contributed by atoms with Crippen molar-refractivity contribution in [2.75, 3.05) is 0 Å². The highest BCUT2D eigenvalue weighted by Crippen LogP contribution is 2.36. The van der Waals surface area contributed by atoms with Gasteiger partial charge >= 0.3 is 0 Å². The lowest BCUT2D eigenvalue weighted by molar-refractivity contribution is 0.482. The molecule has 4 aromatic rings. The van der Waals surface area contributed by atoms with Crippen molar-refractivity contribution in [2.24, 2.45) is 0 Å². The van der Waals surface area contributed by atoms with Gasteiger partial charge in [0.15, 0.2) is 0 Å². The summed E-state index contributed by atoms with van der Waals surface area (Å²) in [4.78, 5) is 0. The molecule has 4 aromatic carbocycles. The van der Waals surface area contributed by atoms with Crippen LogP contribution in [0.3, 0.4) is 0 Å². The second kappa shape index (κ2) is 11.8. The highest BCUT2D eigenvalue weighted by molar-refractivity contribution is 5.37. The van der Waals surface area contributed by atoms with Crippen molar-refractivity contribution in [1.29, 1.82) is 0 Å². The van der Waals surface area contributed by atoms with Crippen LogP contribution in [0.5, 0.6) is 0 Å². The van der Waals surface area contributed by atoms with Crippen molar-refractivity contribution in [3.05, 3.63) is 142 Å². The van der Waals surface area contributed by atoms with Gasteiger partial charge in [-0.3, -0.25) is 0 Å². The van der Waals surface area contributed by atoms with Gasteiger partial charge in [-0.1, -0.05) is 103 Å². The Balaban J connectivity index is 1.56. The fourth-order valence-electron chi connectivity index (χ4n) is 5.23. The summed E-state index contributed by atoms with van der Waals surface area (Å²) in [5.41, 5.74) is 10.1. The third kappa shape index (κ3) is 6.48. The van der Waals surface area contributed by atoms with Crippen molar-refractivity contribution in [2.45, 2.75) is 64.7 Å². The van der Waals surface area contributed by atoms with Gasteiger partial charge in [-0.05, 0) is 104 Å². The summed E-state index contributed by atoms with van der Waals surface area (Å²) >= 11 is 0. The van der Waals surface area contributed by atoms with Crippen LogP contribution in [0.1, 0.15) is 70.0 Å². The second-order valence-corrected chi connectivity index (χ2v) is 9.87. The van der Waals surface area contributed by atoms with E-state index in [1.54, 1.807) is 0 Å². The molecule has 0 spiro atoms. The van der Waals surface area contributed by atoms with Crippen LogP contribution in [0.15, 0.2) is 103 Å². The highest BCUT2D eigenvalue weighted by atomic mass is 14.2. The topological polar surface area (TPSA) is 0 Å². The second-order valence-electron chi connectivity index (χ2n) is 9.87. The Kier molecular flexibility index (Phi) is 8.36. The molecule has 0 radical (unpaired) electrons. The van der Waals surface area contributed by atoms with Crippen LogP contribution in [-0.4, -0.2) is 0 Å². The minimum atomic E-state index is 0.545. The molecule has 0 aliphatic heterocycles. The van der Waals surface area contributed by atoms with Crippen LogP contribution in [0.25, 0.3) is 0 Å². The Labute approximate surface area is 206 Å². The molecule has 0 heterocycles. The summed E-state index contributed by atoms with van der Waals surface area (Å²) in [7, 11) is 0. The van der Waals surface area contributed by atoms with Crippen molar-refractivity contribution in [3.63, 3.8) is 0 Å². The standard InChI is InChI=1S/C34H38/c1-26-23-30(24-27(2)28(26)3)20-22-34(32-17-11-6-12-18-32)25-33(31-15-9-5-10-16-31)21-19-29-13-7-4-8-14-29/h4-18,23-24,33-34H,19-22,25H2,1-3H3. The molecule has 0 amide bonds. The zero-order chi connectivity index (χ0) is 23.8. The normalized spacial score (nSPS) is 12.9. The maximum atomic E-state index is 2.40. The quantitative estimate of drug-likeness (QED) is 0.228. The van der Waals surface area contributed by atoms with Crippen molar-refractivity contribution in [3.8, 4) is 0 Å². The van der Waals surface area contributed by atoms with Gasteiger partial charge < -0.3 is 0 Å². The number of hydrogen-bond donors (Lipinski definition) is 0. The first kappa shape index (κ1) is 24.0. The Hall–Kier alpha value is -3.12. The van der Waals surface area contributed by atoms with Crippen LogP contribution < -0.4 is 0 Å². The molecule has 0 saturated heterocycles. The first-order chi connectivity index (χ1) is 16.6. The summed E-state index contributed by atoms with van der Waals surface area (Å²) in [6, 6.07) is 38.1. The van der Waals surface area contributed by atoms with Gasteiger partial charge in [0, 0.05) is 0 Å². The zero-order valence-corrected chi connectivity index (χ0v) is 21.0. The van der Waals surface area contributed by atoms with Crippen molar-refractivity contribution >= 4 is 0 Å². The summed E-state index contributed by atoms with van der Waals surface area (Å²) in [6.45, 7) is 6.73. The van der Waals surface area contributed by atoms with E-state index in [1.165, 1.54) is 58.2 Å². The third-order valence-electron chi connectivity index (χ3n) is 7.50. The molecule has 0 saturated carbocycles. The molecule has 2 atom stereocenters. The first-order valence-electron chi connectivity index (χ1n) is 12.8. The van der Waals surface area contributed by atoms with Crippen LogP contribution in [0.4, 0.5) is 0 Å². The van der Waals surface area contributed by atoms with Crippen LogP contribution >= 0.6 is 0 Å². The molecule has 0 aliphatic carbocycles. The van der Waals surface area contributed by atoms with Gasteiger partial charge in [0.25, 0.3) is 0 Å². The van der Waals surface area contributed by atoms with Gasteiger partial charge in [-0.25, -0.2) is 0 Å². The summed E-state index contributed by atoms with van der Waals surface area (Å²) in [5.74, 6) is 1.09. The maximum absolute atomic E-state index is 2.40. The van der Waals surface area contributed by atoms with Crippen molar-refractivity contribution < 1.29 is 0 Å². The lowest BCUT2D eigenvalue weighted by atomic mass is 9.79. The molecule has 4 rings (SSSR count). The smallest absolute Gasteiger partial charge is 0.0153 e. The lowest BCUT2D eigenvalue weighted by Gasteiger charge is -2.25. The van der Waals surface area contributed by atoms with E-state index in [0.717, 1.165) is 12.8 Å². The Morgan fingerprint density at radius 2 is 0.912 bits per heavy atom. The predicted molar refractivity (Wildman–Crippen MR) is 147 cm³/mol. The van der Waals surface area contributed by atoms with Gasteiger partial charge in [0.1, 0.15) is 0 Å². The highest BCUT2D eigenvalue weighted by Gasteiger charge is 2.20. The molecular weight excluding hydrogens is 408 g/mol. The number of aryl methyl sites for hydroxylation is 4. The van der Waals surface area contributed by atoms with Gasteiger partial charge in [0.05, 0.1) is 0 Å². The van der Waals surface area contributed by atoms with E-state index in [4.69, 9.17) is 0 Å². The largest absolute Gasteiger partial charge is 0.0622 e. The van der Waals surface area contributed by atoms with Gasteiger partial charge in [-0.2, -0.15) is 0 Å². The van der Waals surface area contributed by atoms with Crippen LogP contribution in [0.2, 0.25) is 0 Å². The van der Waals surface area contributed by atoms with E-state index in [-0.39, 0.29) is 0 Å². The molecule has 0 fully saturated rings. The Morgan fingerprint density at radius 1 is 0.500 bits per heavy atom. The molecule has 34 heavy (non-hydrogen) atoms. The zero-order valence-electron chi connectivity index (χ0n) is 21.0. The van der Waals surface area contributed by atoms with E-state index in [0.29, 0.717) is 11.8 Å². The fourth-order valence-corrected chi connectivity index (χ4v) is 5.23. The minimum absolute atomic E-state index is 0.545. The molecule has 0 aliphatic rings. The average molecular weight is 447 g/mol. The number of hydrogen-bond acceptors (Lipinski definition) is 0. The molecule has 0 N–H and O–H groups in total. The van der Waals surface area contributed by atoms with E-state index in [1.807, 2.05) is 0 Å². The maximum Gasteiger partial charge on any atom is -0.0153 e. The van der Waals surface area contributed by atoms with Gasteiger partial charge in [0.2, 0.25) is 0 Å². The SMILES string of the molecule is Cc1cc(CCC(CC(CCc2ccccc2)c2ccccc2)c2ccccc2)cc(C)c1C. The lowest BCUT2D eigenvalue weighted by Crippen LogP contribution is -2.10. The molecule has 2 unspecified atom stereocenters.